The van der Waals surface area contributed by atoms with Crippen LogP contribution in [0.15, 0.2) is 117 Å². The molecule has 4 heterocycles. The van der Waals surface area contributed by atoms with Gasteiger partial charge >= 0.3 is 0 Å². The molecule has 1 N–H and O–H groups in total. The van der Waals surface area contributed by atoms with Crippen molar-refractivity contribution < 1.29 is 8.42 Å². The molecule has 0 amide bonds. The number of rotatable bonds is 12. The third-order valence-electron chi connectivity index (χ3n) is 7.78. The quantitative estimate of drug-likeness (QED) is 0.228. The number of likely N-dealkylation sites (tertiary alicyclic amines) is 1. The molecule has 0 aliphatic carbocycles. The second kappa shape index (κ2) is 14.3. The fraction of sp³-hybridized carbons (Fsp3) is 0.333. The fourth-order valence-electron chi connectivity index (χ4n) is 5.57. The fourth-order valence-corrected chi connectivity index (χ4v) is 7.42. The van der Waals surface area contributed by atoms with Crippen LogP contribution in [0.4, 0.5) is 0 Å². The van der Waals surface area contributed by atoms with Crippen LogP contribution in [0.5, 0.6) is 0 Å². The number of nitrogens with one attached hydrogen (secondary N) is 1. The van der Waals surface area contributed by atoms with E-state index < -0.39 is 10.0 Å². The van der Waals surface area contributed by atoms with E-state index in [0.29, 0.717) is 17.4 Å². The number of aliphatic imine (C=N–C) groups is 1. The van der Waals surface area contributed by atoms with E-state index >= 15 is 0 Å². The van der Waals surface area contributed by atoms with Gasteiger partial charge in [-0.15, -0.1) is 0 Å². The summed E-state index contributed by atoms with van der Waals surface area (Å²) in [5.74, 6) is 0.361. The van der Waals surface area contributed by atoms with Gasteiger partial charge in [0.05, 0.1) is 11.4 Å². The summed E-state index contributed by atoms with van der Waals surface area (Å²) in [6, 6.07) is 16.4. The van der Waals surface area contributed by atoms with Crippen LogP contribution in [0.3, 0.4) is 0 Å². The Hall–Kier alpha value is -3.27. The van der Waals surface area contributed by atoms with Crippen LogP contribution in [-0.4, -0.2) is 48.1 Å². The van der Waals surface area contributed by atoms with Crippen LogP contribution >= 0.6 is 15.9 Å². The Kier molecular flexibility index (Phi) is 10.3. The minimum absolute atomic E-state index is 0.304. The van der Waals surface area contributed by atoms with Crippen molar-refractivity contribution in [2.45, 2.75) is 50.6 Å². The molecule has 0 saturated carbocycles. The van der Waals surface area contributed by atoms with Crippen molar-refractivity contribution in [3.8, 4) is 0 Å². The minimum atomic E-state index is -3.64. The summed E-state index contributed by atoms with van der Waals surface area (Å²) in [5, 5.41) is 3.55. The number of hydrogen-bond donors (Lipinski definition) is 1. The highest BCUT2D eigenvalue weighted by Crippen LogP contribution is 2.29. The Bertz CT molecular complexity index is 1580. The third-order valence-corrected chi connectivity index (χ3v) is 10.3. The molecule has 1 atom stereocenters. The van der Waals surface area contributed by atoms with Gasteiger partial charge in [0.25, 0.3) is 10.0 Å². The van der Waals surface area contributed by atoms with E-state index in [2.05, 4.69) is 61.3 Å². The van der Waals surface area contributed by atoms with Crippen LogP contribution in [0.1, 0.15) is 43.9 Å². The Morgan fingerprint density at radius 1 is 1.14 bits per heavy atom. The molecule has 2 aliphatic heterocycles. The Labute approximate surface area is 258 Å². The van der Waals surface area contributed by atoms with Crippen molar-refractivity contribution in [3.05, 3.63) is 118 Å². The second-order valence-corrected chi connectivity index (χ2v) is 13.6. The zero-order chi connectivity index (χ0) is 29.4. The van der Waals surface area contributed by atoms with E-state index in [1.54, 1.807) is 36.7 Å². The van der Waals surface area contributed by atoms with Crippen molar-refractivity contribution in [3.63, 3.8) is 0 Å². The number of halogens is 1. The van der Waals surface area contributed by atoms with Crippen LogP contribution in [0.25, 0.3) is 0 Å². The van der Waals surface area contributed by atoms with E-state index in [1.165, 1.54) is 15.1 Å². The summed E-state index contributed by atoms with van der Waals surface area (Å²) in [5.41, 5.74) is 5.72. The molecule has 1 unspecified atom stereocenters. The van der Waals surface area contributed by atoms with Gasteiger partial charge in [0, 0.05) is 60.3 Å². The van der Waals surface area contributed by atoms with Gasteiger partial charge in [-0.1, -0.05) is 30.3 Å². The third kappa shape index (κ3) is 7.76. The number of hydrogen-bond acceptors (Lipinski definition) is 6. The molecule has 1 saturated heterocycles. The van der Waals surface area contributed by atoms with Crippen molar-refractivity contribution in [2.24, 2.45) is 10.9 Å². The Morgan fingerprint density at radius 2 is 2.00 bits per heavy atom. The molecule has 220 valence electrons. The predicted molar refractivity (Wildman–Crippen MR) is 173 cm³/mol. The topological polar surface area (TPSA) is 79.6 Å². The minimum Gasteiger partial charge on any atom is -0.384 e. The maximum absolute atomic E-state index is 13.4. The van der Waals surface area contributed by atoms with Crippen LogP contribution in [-0.2, 0) is 23.1 Å². The van der Waals surface area contributed by atoms with E-state index in [0.717, 1.165) is 73.3 Å². The first-order chi connectivity index (χ1) is 20.4. The molecule has 1 fully saturated rings. The molecule has 0 bridgehead atoms. The lowest BCUT2D eigenvalue weighted by Crippen LogP contribution is -2.36. The van der Waals surface area contributed by atoms with Crippen molar-refractivity contribution in [1.82, 2.24) is 19.2 Å². The maximum Gasteiger partial charge on any atom is 0.267 e. The molecule has 1 aromatic carbocycles. The maximum atomic E-state index is 13.4. The monoisotopic (exact) mass is 647 g/mol. The molecule has 2 aliphatic rings. The van der Waals surface area contributed by atoms with Gasteiger partial charge in [-0.3, -0.25) is 14.9 Å². The van der Waals surface area contributed by atoms with E-state index in [-0.39, 0.29) is 0 Å². The first-order valence-corrected chi connectivity index (χ1v) is 16.7. The molecule has 2 aromatic heterocycles. The van der Waals surface area contributed by atoms with Gasteiger partial charge in [-0.05, 0) is 114 Å². The Balaban J connectivity index is 1.31. The largest absolute Gasteiger partial charge is 0.384 e. The number of allylic oxidation sites excluding steroid dienone is 4. The molecule has 0 radical (unpaired) electrons. The molecular formula is C33H38BrN5O2S. The number of benzene rings is 1. The molecule has 3 aromatic rings. The van der Waals surface area contributed by atoms with Gasteiger partial charge in [0.2, 0.25) is 0 Å². The SMILES string of the molecule is C/C(=C\C(=C\CCC1=C(Br)C=NC1)C1CCCN(Cc2cccn2S(=O)(=O)c2ccccc2)C1)NCc1cccnc1. The summed E-state index contributed by atoms with van der Waals surface area (Å²) < 4.78 is 29.3. The number of piperidine rings is 1. The molecule has 7 nitrogen and oxygen atoms in total. The number of aromatic nitrogens is 2. The first kappa shape index (κ1) is 30.2. The predicted octanol–water partition coefficient (Wildman–Crippen LogP) is 6.47. The van der Waals surface area contributed by atoms with Crippen molar-refractivity contribution >= 4 is 32.2 Å². The lowest BCUT2D eigenvalue weighted by Gasteiger charge is -2.34. The Morgan fingerprint density at radius 3 is 2.76 bits per heavy atom. The summed E-state index contributed by atoms with van der Waals surface area (Å²) in [7, 11) is -3.64. The first-order valence-electron chi connectivity index (χ1n) is 14.5. The van der Waals surface area contributed by atoms with Crippen LogP contribution < -0.4 is 5.32 Å². The van der Waals surface area contributed by atoms with Gasteiger partial charge in [0.15, 0.2) is 0 Å². The average Bonchev–Trinajstić information content (AvgIpc) is 3.65. The van der Waals surface area contributed by atoms with Crippen molar-refractivity contribution in [1.29, 1.82) is 0 Å². The van der Waals surface area contributed by atoms with E-state index in [1.807, 2.05) is 36.7 Å². The summed E-state index contributed by atoms with van der Waals surface area (Å²) in [6.45, 7) is 6.03. The zero-order valence-electron chi connectivity index (χ0n) is 24.0. The van der Waals surface area contributed by atoms with Crippen molar-refractivity contribution in [2.75, 3.05) is 19.6 Å². The number of pyridine rings is 1. The summed E-state index contributed by atoms with van der Waals surface area (Å²) >= 11 is 3.63. The van der Waals surface area contributed by atoms with Crippen LogP contribution in [0, 0.1) is 5.92 Å². The zero-order valence-corrected chi connectivity index (χ0v) is 26.4. The van der Waals surface area contributed by atoms with E-state index in [4.69, 9.17) is 0 Å². The molecular weight excluding hydrogens is 610 g/mol. The lowest BCUT2D eigenvalue weighted by atomic mass is 9.88. The van der Waals surface area contributed by atoms with Gasteiger partial charge in [0.1, 0.15) is 0 Å². The molecule has 9 heteroatoms. The molecule has 42 heavy (non-hydrogen) atoms. The second-order valence-electron chi connectivity index (χ2n) is 10.9. The highest BCUT2D eigenvalue weighted by molar-refractivity contribution is 9.12. The number of nitrogens with zero attached hydrogens (tertiary/aromatic N) is 4. The molecule has 0 spiro atoms. The smallest absolute Gasteiger partial charge is 0.267 e. The normalized spacial score (nSPS) is 18.6. The van der Waals surface area contributed by atoms with Gasteiger partial charge < -0.3 is 5.32 Å². The summed E-state index contributed by atoms with van der Waals surface area (Å²) in [4.78, 5) is 11.3. The summed E-state index contributed by atoms with van der Waals surface area (Å²) in [6.07, 6.45) is 16.0. The average molecular weight is 649 g/mol. The highest BCUT2D eigenvalue weighted by Gasteiger charge is 2.25. The van der Waals surface area contributed by atoms with Gasteiger partial charge in [-0.2, -0.15) is 0 Å². The molecule has 5 rings (SSSR count). The standard InChI is InChI=1S/C33H38BrN5O2S/c1-26(37-21-27-9-6-16-35-20-27)19-28(10-5-11-29-22-36-23-33(29)34)30-12-7-17-38(24-30)25-31-13-8-18-39(31)42(40,41)32-14-3-2-4-15-32/h2-4,6,8-10,13-16,18-20,23,30,37H,5,7,11-12,17,21-22,24-25H2,1H3/b26-19+,28-10-. The van der Waals surface area contributed by atoms with Gasteiger partial charge in [-0.25, -0.2) is 12.4 Å². The van der Waals surface area contributed by atoms with Crippen LogP contribution in [0.2, 0.25) is 0 Å². The lowest BCUT2D eigenvalue weighted by molar-refractivity contribution is 0.183. The highest BCUT2D eigenvalue weighted by atomic mass is 79.9. The van der Waals surface area contributed by atoms with E-state index in [9.17, 15) is 8.42 Å².